The van der Waals surface area contributed by atoms with Gasteiger partial charge in [0.25, 0.3) is 0 Å². The quantitative estimate of drug-likeness (QED) is 0.614. The summed E-state index contributed by atoms with van der Waals surface area (Å²) < 4.78 is 25.0. The van der Waals surface area contributed by atoms with E-state index in [1.165, 1.54) is 5.70 Å². The van der Waals surface area contributed by atoms with E-state index < -0.39 is 10.6 Å². The lowest BCUT2D eigenvalue weighted by Crippen LogP contribution is -2.38. The molecule has 164 valence electrons. The van der Waals surface area contributed by atoms with Gasteiger partial charge < -0.3 is 20.3 Å². The van der Waals surface area contributed by atoms with Crippen molar-refractivity contribution in [2.75, 3.05) is 51.3 Å². The standard InChI is InChI=1S/C16H29N3O4S.C4H10/c1-23-15-5-3-14(4-6-15)18-8-2-9-19(11-10-18)16(20)13-24(21,22)12-7-17;1-4(2)3/h3,5,21-22H,2,4,6-13,17H2,1H3;4H,1-3H3. The Kier molecular flexibility index (Phi) is 11.0. The molecule has 1 aliphatic carbocycles. The highest BCUT2D eigenvalue weighted by Gasteiger charge is 2.25. The van der Waals surface area contributed by atoms with Gasteiger partial charge in [0.15, 0.2) is 0 Å². The molecule has 2 rings (SSSR count). The van der Waals surface area contributed by atoms with Crippen LogP contribution in [0.25, 0.3) is 0 Å². The molecule has 28 heavy (non-hydrogen) atoms. The molecule has 0 radical (unpaired) electrons. The van der Waals surface area contributed by atoms with Gasteiger partial charge in [-0.15, -0.1) is 0 Å². The Morgan fingerprint density at radius 3 is 2.39 bits per heavy atom. The Labute approximate surface area is 171 Å². The highest BCUT2D eigenvalue weighted by molar-refractivity contribution is 8.24. The second-order valence-electron chi connectivity index (χ2n) is 7.89. The molecule has 1 heterocycles. The summed E-state index contributed by atoms with van der Waals surface area (Å²) in [5.41, 5.74) is 6.64. The molecule has 0 aromatic heterocycles. The number of hydrogen-bond acceptors (Lipinski definition) is 6. The third-order valence-corrected chi connectivity index (χ3v) is 6.00. The van der Waals surface area contributed by atoms with Crippen molar-refractivity contribution < 1.29 is 18.6 Å². The van der Waals surface area contributed by atoms with Crippen LogP contribution < -0.4 is 5.73 Å². The molecule has 1 aliphatic heterocycles. The highest BCUT2D eigenvalue weighted by atomic mass is 32.3. The fraction of sp³-hybridized carbons (Fsp3) is 0.750. The van der Waals surface area contributed by atoms with Crippen molar-refractivity contribution in [2.24, 2.45) is 11.7 Å². The molecular formula is C20H39N3O4S. The predicted molar refractivity (Wildman–Crippen MR) is 117 cm³/mol. The fourth-order valence-electron chi connectivity index (χ4n) is 3.04. The van der Waals surface area contributed by atoms with E-state index in [0.29, 0.717) is 13.1 Å². The van der Waals surface area contributed by atoms with Gasteiger partial charge >= 0.3 is 0 Å². The Morgan fingerprint density at radius 1 is 1.18 bits per heavy atom. The number of carbonyl (C=O) groups excluding carboxylic acids is 1. The van der Waals surface area contributed by atoms with Crippen LogP contribution >= 0.6 is 10.6 Å². The first kappa shape index (κ1) is 24.8. The molecule has 1 saturated heterocycles. The molecule has 8 heteroatoms. The van der Waals surface area contributed by atoms with Crippen molar-refractivity contribution in [3.05, 3.63) is 23.6 Å². The van der Waals surface area contributed by atoms with Crippen molar-refractivity contribution in [3.63, 3.8) is 0 Å². The first-order valence-electron chi connectivity index (χ1n) is 10.1. The van der Waals surface area contributed by atoms with E-state index in [2.05, 4.69) is 31.7 Å². The van der Waals surface area contributed by atoms with Crippen LogP contribution in [0.15, 0.2) is 23.6 Å². The molecule has 0 aromatic rings. The van der Waals surface area contributed by atoms with Crippen LogP contribution in [-0.4, -0.2) is 76.2 Å². The SMILES string of the molecule is CC(C)C.COC1=CC=C(N2CCCN(C(=O)CS(O)(O)CCN)CC2)CC1. The van der Waals surface area contributed by atoms with Crippen molar-refractivity contribution in [1.82, 2.24) is 9.80 Å². The van der Waals surface area contributed by atoms with E-state index >= 15 is 0 Å². The Balaban J connectivity index is 0.000000892. The summed E-state index contributed by atoms with van der Waals surface area (Å²) >= 11 is 0. The average molecular weight is 418 g/mol. The minimum atomic E-state index is -2.90. The first-order chi connectivity index (χ1) is 13.2. The van der Waals surface area contributed by atoms with Crippen LogP contribution in [0.5, 0.6) is 0 Å². The molecule has 0 unspecified atom stereocenters. The number of methoxy groups -OCH3 is 1. The molecule has 1 fully saturated rings. The van der Waals surface area contributed by atoms with E-state index in [0.717, 1.165) is 44.0 Å². The van der Waals surface area contributed by atoms with E-state index in [1.807, 2.05) is 6.08 Å². The summed E-state index contributed by atoms with van der Waals surface area (Å²) in [5.74, 6) is 1.51. The zero-order valence-electron chi connectivity index (χ0n) is 17.9. The minimum absolute atomic E-state index is 0.0831. The Bertz CT molecular complexity index is 547. The molecule has 0 saturated carbocycles. The summed E-state index contributed by atoms with van der Waals surface area (Å²) in [6.07, 6.45) is 6.83. The summed E-state index contributed by atoms with van der Waals surface area (Å²) in [5, 5.41) is 0. The van der Waals surface area contributed by atoms with Gasteiger partial charge in [0.2, 0.25) is 5.91 Å². The first-order valence-corrected chi connectivity index (χ1v) is 12.0. The van der Waals surface area contributed by atoms with E-state index in [-0.39, 0.29) is 24.0 Å². The van der Waals surface area contributed by atoms with Crippen LogP contribution in [0.4, 0.5) is 0 Å². The number of carbonyl (C=O) groups is 1. The van der Waals surface area contributed by atoms with Crippen molar-refractivity contribution >= 4 is 16.5 Å². The largest absolute Gasteiger partial charge is 0.501 e. The lowest BCUT2D eigenvalue weighted by molar-refractivity contribution is -0.128. The molecule has 7 nitrogen and oxygen atoms in total. The third-order valence-electron chi connectivity index (χ3n) is 4.41. The monoisotopic (exact) mass is 417 g/mol. The van der Waals surface area contributed by atoms with Crippen molar-refractivity contribution in [1.29, 1.82) is 0 Å². The fourth-order valence-corrected chi connectivity index (χ4v) is 4.14. The molecule has 0 atom stereocenters. The van der Waals surface area contributed by atoms with E-state index in [4.69, 9.17) is 10.5 Å². The van der Waals surface area contributed by atoms with Crippen LogP contribution in [0.1, 0.15) is 40.0 Å². The van der Waals surface area contributed by atoms with Gasteiger partial charge in [-0.3, -0.25) is 13.9 Å². The lowest BCUT2D eigenvalue weighted by atomic mass is 10.1. The molecule has 1 amide bonds. The number of amides is 1. The van der Waals surface area contributed by atoms with Gasteiger partial charge in [-0.25, -0.2) is 0 Å². The Hall–Kier alpha value is -1.22. The molecule has 4 N–H and O–H groups in total. The van der Waals surface area contributed by atoms with Gasteiger partial charge in [0, 0.05) is 44.8 Å². The maximum Gasteiger partial charge on any atom is 0.241 e. The average Bonchev–Trinajstić information content (AvgIpc) is 2.87. The molecule has 0 aromatic carbocycles. The number of hydrogen-bond donors (Lipinski definition) is 3. The van der Waals surface area contributed by atoms with Gasteiger partial charge in [0.05, 0.1) is 18.6 Å². The molecular weight excluding hydrogens is 378 g/mol. The number of nitrogens with two attached hydrogens (primary N) is 1. The lowest BCUT2D eigenvalue weighted by Gasteiger charge is -2.33. The van der Waals surface area contributed by atoms with Gasteiger partial charge in [0.1, 0.15) is 5.75 Å². The minimum Gasteiger partial charge on any atom is -0.501 e. The molecule has 0 spiro atoms. The van der Waals surface area contributed by atoms with Crippen molar-refractivity contribution in [3.8, 4) is 0 Å². The van der Waals surface area contributed by atoms with E-state index in [1.54, 1.807) is 12.0 Å². The van der Waals surface area contributed by atoms with Crippen LogP contribution in [0, 0.1) is 5.92 Å². The highest BCUT2D eigenvalue weighted by Crippen LogP contribution is 2.37. The summed E-state index contributed by atoms with van der Waals surface area (Å²) in [4.78, 5) is 16.4. The zero-order valence-corrected chi connectivity index (χ0v) is 18.7. The number of nitrogens with zero attached hydrogens (tertiary/aromatic N) is 2. The van der Waals surface area contributed by atoms with Crippen LogP contribution in [0.3, 0.4) is 0 Å². The normalized spacial score (nSPS) is 18.6. The number of ether oxygens (including phenoxy) is 1. The van der Waals surface area contributed by atoms with Gasteiger partial charge in [-0.2, -0.15) is 10.6 Å². The molecule has 2 aliphatic rings. The second kappa shape index (κ2) is 12.4. The second-order valence-corrected chi connectivity index (χ2v) is 10.2. The van der Waals surface area contributed by atoms with E-state index in [9.17, 15) is 13.9 Å². The van der Waals surface area contributed by atoms with Gasteiger partial charge in [-0.05, 0) is 30.9 Å². The smallest absolute Gasteiger partial charge is 0.241 e. The van der Waals surface area contributed by atoms with Crippen molar-refractivity contribution in [2.45, 2.75) is 40.0 Å². The van der Waals surface area contributed by atoms with Crippen LogP contribution in [-0.2, 0) is 9.53 Å². The summed E-state index contributed by atoms with van der Waals surface area (Å²) in [6, 6.07) is 0. The maximum absolute atomic E-state index is 12.3. The summed E-state index contributed by atoms with van der Waals surface area (Å²) in [6.45, 7) is 9.61. The third kappa shape index (κ3) is 9.32. The topological polar surface area (TPSA) is 99.3 Å². The molecule has 0 bridgehead atoms. The number of allylic oxidation sites excluding steroid dienone is 4. The van der Waals surface area contributed by atoms with Crippen LogP contribution in [0.2, 0.25) is 0 Å². The Morgan fingerprint density at radius 2 is 1.86 bits per heavy atom. The number of rotatable bonds is 6. The maximum atomic E-state index is 12.3. The summed E-state index contributed by atoms with van der Waals surface area (Å²) in [7, 11) is -1.21. The zero-order chi connectivity index (χ0) is 21.2. The predicted octanol–water partition coefficient (Wildman–Crippen LogP) is 3.10. The van der Waals surface area contributed by atoms with Gasteiger partial charge in [-0.1, -0.05) is 20.8 Å².